The molecule has 0 radical (unpaired) electrons. The number of H-pyrrole nitrogens is 1. The zero-order chi connectivity index (χ0) is 20.9. The van der Waals surface area contributed by atoms with Crippen LogP contribution < -0.4 is 4.90 Å². The second-order valence-electron chi connectivity index (χ2n) is 7.74. The minimum Gasteiger partial charge on any atom is -0.402 e. The van der Waals surface area contributed by atoms with Crippen molar-refractivity contribution < 1.29 is 4.42 Å². The molecule has 9 heteroatoms. The highest BCUT2D eigenvalue weighted by atomic mass is 16.4. The normalized spacial score (nSPS) is 16.1. The minimum absolute atomic E-state index is 0.229. The third-order valence-electron chi connectivity index (χ3n) is 5.77. The van der Waals surface area contributed by atoms with Crippen LogP contribution in [0.3, 0.4) is 0 Å². The van der Waals surface area contributed by atoms with Crippen molar-refractivity contribution in [3.63, 3.8) is 0 Å². The second kappa shape index (κ2) is 6.76. The van der Waals surface area contributed by atoms with Gasteiger partial charge in [-0.1, -0.05) is 17.2 Å². The van der Waals surface area contributed by atoms with E-state index < -0.39 is 0 Å². The number of nitrogens with zero attached hydrogens (tertiary/aromatic N) is 7. The van der Waals surface area contributed by atoms with Gasteiger partial charge in [0.2, 0.25) is 0 Å². The Morgan fingerprint density at radius 2 is 2.03 bits per heavy atom. The van der Waals surface area contributed by atoms with Gasteiger partial charge < -0.3 is 14.3 Å². The van der Waals surface area contributed by atoms with Gasteiger partial charge in [0.15, 0.2) is 0 Å². The maximum absolute atomic E-state index is 6.10. The Kier molecular flexibility index (Phi) is 3.89. The van der Waals surface area contributed by atoms with Gasteiger partial charge in [-0.05, 0) is 43.7 Å². The van der Waals surface area contributed by atoms with Gasteiger partial charge in [0, 0.05) is 30.6 Å². The number of hydrogen-bond donors (Lipinski definition) is 1. The molecular formula is C22H20N8O. The van der Waals surface area contributed by atoms with Crippen molar-refractivity contribution in [1.29, 1.82) is 0 Å². The summed E-state index contributed by atoms with van der Waals surface area (Å²) in [6.45, 7) is 4.72. The summed E-state index contributed by atoms with van der Waals surface area (Å²) in [5.74, 6) is 0.408. The number of aromatic nitrogens is 7. The van der Waals surface area contributed by atoms with Crippen LogP contribution in [0.2, 0.25) is 0 Å². The molecule has 0 amide bonds. The van der Waals surface area contributed by atoms with E-state index in [4.69, 9.17) is 9.52 Å². The third-order valence-corrected chi connectivity index (χ3v) is 5.77. The molecule has 1 atom stereocenters. The molecule has 0 fully saturated rings. The SMILES string of the molecule is Cc1cccnc1-c1nnc(N2CCc3[nH]cnc3C2c2cc3cccc(C)n3n2)o1. The van der Waals surface area contributed by atoms with Crippen LogP contribution in [0.1, 0.15) is 34.4 Å². The van der Waals surface area contributed by atoms with E-state index in [-0.39, 0.29) is 6.04 Å². The van der Waals surface area contributed by atoms with Crippen molar-refractivity contribution in [1.82, 2.24) is 34.8 Å². The Hall–Kier alpha value is -4.01. The Bertz CT molecular complexity index is 1400. The molecule has 1 aliphatic heterocycles. The van der Waals surface area contributed by atoms with E-state index in [1.807, 2.05) is 42.6 Å². The van der Waals surface area contributed by atoms with Crippen LogP contribution in [0.5, 0.6) is 0 Å². The van der Waals surface area contributed by atoms with Gasteiger partial charge in [-0.25, -0.2) is 9.50 Å². The lowest BCUT2D eigenvalue weighted by molar-refractivity contribution is 0.502. The van der Waals surface area contributed by atoms with E-state index in [1.165, 1.54) is 0 Å². The van der Waals surface area contributed by atoms with Gasteiger partial charge in [0.1, 0.15) is 11.7 Å². The summed E-state index contributed by atoms with van der Waals surface area (Å²) in [5, 5.41) is 13.5. The van der Waals surface area contributed by atoms with Gasteiger partial charge in [0.25, 0.3) is 5.89 Å². The first kappa shape index (κ1) is 17.8. The third kappa shape index (κ3) is 2.81. The van der Waals surface area contributed by atoms with E-state index in [0.29, 0.717) is 24.1 Å². The summed E-state index contributed by atoms with van der Waals surface area (Å²) in [6.07, 6.45) is 4.27. The minimum atomic E-state index is -0.229. The number of nitrogens with one attached hydrogen (secondary N) is 1. The summed E-state index contributed by atoms with van der Waals surface area (Å²) in [6, 6.07) is 12.3. The largest absolute Gasteiger partial charge is 0.402 e. The summed E-state index contributed by atoms with van der Waals surface area (Å²) < 4.78 is 8.05. The van der Waals surface area contributed by atoms with Gasteiger partial charge in [-0.2, -0.15) is 5.10 Å². The van der Waals surface area contributed by atoms with Crippen LogP contribution >= 0.6 is 0 Å². The fraction of sp³-hybridized carbons (Fsp3) is 0.227. The van der Waals surface area contributed by atoms with E-state index >= 15 is 0 Å². The van der Waals surface area contributed by atoms with Crippen LogP contribution in [0, 0.1) is 13.8 Å². The first-order valence-corrected chi connectivity index (χ1v) is 10.2. The van der Waals surface area contributed by atoms with Crippen LogP contribution in [0.15, 0.2) is 53.3 Å². The second-order valence-corrected chi connectivity index (χ2v) is 7.74. The number of hydrogen-bond acceptors (Lipinski definition) is 7. The molecule has 0 spiro atoms. The maximum atomic E-state index is 6.10. The number of rotatable bonds is 3. The molecule has 5 aromatic rings. The molecule has 1 unspecified atom stereocenters. The first-order chi connectivity index (χ1) is 15.2. The Morgan fingerprint density at radius 3 is 2.90 bits per heavy atom. The average Bonchev–Trinajstić information content (AvgIpc) is 3.52. The number of fused-ring (bicyclic) bond motifs is 2. The van der Waals surface area contributed by atoms with Crippen LogP contribution in [0.25, 0.3) is 17.1 Å². The molecular weight excluding hydrogens is 392 g/mol. The summed E-state index contributed by atoms with van der Waals surface area (Å²) >= 11 is 0. The molecule has 1 aliphatic rings. The van der Waals surface area contributed by atoms with Gasteiger partial charge in [0.05, 0.1) is 23.2 Å². The highest BCUT2D eigenvalue weighted by Gasteiger charge is 2.36. The quantitative estimate of drug-likeness (QED) is 0.485. The summed E-state index contributed by atoms with van der Waals surface area (Å²) in [4.78, 5) is 14.4. The lowest BCUT2D eigenvalue weighted by Gasteiger charge is -2.32. The lowest BCUT2D eigenvalue weighted by atomic mass is 10.0. The van der Waals surface area contributed by atoms with Crippen molar-refractivity contribution in [3.8, 4) is 11.6 Å². The number of pyridine rings is 2. The average molecular weight is 412 g/mol. The summed E-state index contributed by atoms with van der Waals surface area (Å²) in [5.41, 5.74) is 6.71. The molecule has 9 nitrogen and oxygen atoms in total. The molecule has 6 heterocycles. The van der Waals surface area contributed by atoms with E-state index in [9.17, 15) is 0 Å². The van der Waals surface area contributed by atoms with Crippen molar-refractivity contribution in [2.24, 2.45) is 0 Å². The van der Waals surface area contributed by atoms with Crippen molar-refractivity contribution >= 4 is 11.5 Å². The molecule has 154 valence electrons. The van der Waals surface area contributed by atoms with Crippen molar-refractivity contribution in [3.05, 3.63) is 77.3 Å². The fourth-order valence-corrected chi connectivity index (χ4v) is 4.23. The maximum Gasteiger partial charge on any atom is 0.319 e. The van der Waals surface area contributed by atoms with E-state index in [2.05, 4.69) is 42.2 Å². The lowest BCUT2D eigenvalue weighted by Crippen LogP contribution is -2.37. The number of imidazole rings is 1. The topological polar surface area (TPSA) is 101 Å². The highest BCUT2D eigenvalue weighted by molar-refractivity contribution is 5.55. The van der Waals surface area contributed by atoms with Crippen LogP contribution in [0.4, 0.5) is 6.01 Å². The molecule has 1 N–H and O–H groups in total. The molecule has 6 rings (SSSR count). The molecule has 0 bridgehead atoms. The van der Waals surface area contributed by atoms with Gasteiger partial charge in [-0.15, -0.1) is 5.10 Å². The Morgan fingerprint density at radius 1 is 1.10 bits per heavy atom. The predicted octanol–water partition coefficient (Wildman–Crippen LogP) is 3.27. The standard InChI is InChI=1S/C22H20N8O/c1-13-5-4-9-23-18(13)21-26-27-22(31-21)29-10-8-16-19(25-12-24-16)20(29)17-11-15-7-3-6-14(2)30(15)28-17/h3-7,9,11-12,20H,8,10H2,1-2H3,(H,24,25). The number of aryl methyl sites for hydroxylation is 2. The first-order valence-electron chi connectivity index (χ1n) is 10.2. The van der Waals surface area contributed by atoms with Gasteiger partial charge in [-0.3, -0.25) is 4.98 Å². The monoisotopic (exact) mass is 412 g/mol. The zero-order valence-electron chi connectivity index (χ0n) is 17.1. The number of anilines is 1. The molecule has 0 saturated heterocycles. The Balaban J connectivity index is 1.46. The molecule has 31 heavy (non-hydrogen) atoms. The molecule has 5 aromatic heterocycles. The number of aromatic amines is 1. The van der Waals surface area contributed by atoms with E-state index in [1.54, 1.807) is 12.5 Å². The predicted molar refractivity (Wildman–Crippen MR) is 114 cm³/mol. The van der Waals surface area contributed by atoms with Crippen LogP contribution in [-0.4, -0.2) is 41.3 Å². The van der Waals surface area contributed by atoms with E-state index in [0.717, 1.165) is 40.3 Å². The highest BCUT2D eigenvalue weighted by Crippen LogP contribution is 2.37. The van der Waals surface area contributed by atoms with Crippen LogP contribution in [-0.2, 0) is 6.42 Å². The summed E-state index contributed by atoms with van der Waals surface area (Å²) in [7, 11) is 0. The Labute approximate surface area is 177 Å². The smallest absolute Gasteiger partial charge is 0.319 e. The van der Waals surface area contributed by atoms with Crippen molar-refractivity contribution in [2.75, 3.05) is 11.4 Å². The fourth-order valence-electron chi connectivity index (χ4n) is 4.23. The van der Waals surface area contributed by atoms with Crippen molar-refractivity contribution in [2.45, 2.75) is 26.3 Å². The zero-order valence-corrected chi connectivity index (χ0v) is 17.1. The molecule has 0 saturated carbocycles. The molecule has 0 aliphatic carbocycles. The molecule has 0 aromatic carbocycles. The van der Waals surface area contributed by atoms with Gasteiger partial charge >= 0.3 is 6.01 Å².